The van der Waals surface area contributed by atoms with E-state index in [0.29, 0.717) is 37.6 Å². The Bertz CT molecular complexity index is 1450. The van der Waals surface area contributed by atoms with Crippen molar-refractivity contribution in [1.82, 2.24) is 9.21 Å². The Kier molecular flexibility index (Phi) is 10.3. The van der Waals surface area contributed by atoms with E-state index in [2.05, 4.69) is 10.8 Å². The van der Waals surface area contributed by atoms with Crippen LogP contribution in [0.5, 0.6) is 0 Å². The molecule has 1 saturated heterocycles. The van der Waals surface area contributed by atoms with Crippen molar-refractivity contribution in [2.24, 2.45) is 0 Å². The van der Waals surface area contributed by atoms with Gasteiger partial charge in [-0.05, 0) is 24.1 Å². The van der Waals surface area contributed by atoms with Crippen LogP contribution in [0.1, 0.15) is 24.5 Å². The Balaban J connectivity index is 1.95. The van der Waals surface area contributed by atoms with Crippen LogP contribution in [0.15, 0.2) is 41.3 Å². The molecule has 1 heterocycles. The van der Waals surface area contributed by atoms with Crippen LogP contribution in [0.4, 0.5) is 11.4 Å². The maximum absolute atomic E-state index is 13.9. The maximum Gasteiger partial charge on any atom is 0.272 e. The van der Waals surface area contributed by atoms with Crippen molar-refractivity contribution in [2.45, 2.75) is 24.8 Å². The van der Waals surface area contributed by atoms with Crippen molar-refractivity contribution in [3.8, 4) is 12.3 Å². The Morgan fingerprint density at radius 1 is 1.13 bits per heavy atom. The number of hydrogen-bond donors (Lipinski definition) is 0. The van der Waals surface area contributed by atoms with Crippen LogP contribution in [0, 0.1) is 22.5 Å². The second-order valence-corrected chi connectivity index (χ2v) is 13.1. The summed E-state index contributed by atoms with van der Waals surface area (Å²) in [5.41, 5.74) is 0.692. The number of anilines is 1. The van der Waals surface area contributed by atoms with E-state index in [0.717, 1.165) is 24.0 Å². The second-order valence-electron chi connectivity index (χ2n) is 9.06. The molecular formula is C25H31ClN4O7S2. The molecule has 0 N–H and O–H groups in total. The standard InChI is InChI=1S/C25H31ClN4O7S2/c1-4-9-28(14-15-37-38(3,33)34)25-21(5-2)17-23(30(31)32)18-24(25)39(35,36)29-12-10-27(11-13-29)19-20-7-6-8-22(26)16-20/h2,6-8,16-18H,4,9-15,19H2,1,3H3. The van der Waals surface area contributed by atoms with E-state index in [1.54, 1.807) is 11.0 Å². The summed E-state index contributed by atoms with van der Waals surface area (Å²) in [6.45, 7) is 3.75. The highest BCUT2D eigenvalue weighted by atomic mass is 35.5. The zero-order chi connectivity index (χ0) is 28.8. The quantitative estimate of drug-likeness (QED) is 0.157. The molecule has 0 atom stereocenters. The molecule has 212 valence electrons. The predicted molar refractivity (Wildman–Crippen MR) is 150 cm³/mol. The summed E-state index contributed by atoms with van der Waals surface area (Å²) in [6.07, 6.45) is 7.18. The van der Waals surface area contributed by atoms with Crippen LogP contribution < -0.4 is 4.90 Å². The number of non-ortho nitro benzene ring substituents is 1. The minimum absolute atomic E-state index is 0.00331. The molecule has 0 saturated carbocycles. The van der Waals surface area contributed by atoms with Crippen LogP contribution in [0.25, 0.3) is 0 Å². The minimum Gasteiger partial charge on any atom is -0.367 e. The van der Waals surface area contributed by atoms with E-state index in [9.17, 15) is 26.9 Å². The summed E-state index contributed by atoms with van der Waals surface area (Å²) in [4.78, 5) is 14.4. The van der Waals surface area contributed by atoms with E-state index < -0.39 is 30.8 Å². The number of nitro groups is 1. The maximum atomic E-state index is 13.9. The van der Waals surface area contributed by atoms with E-state index in [-0.39, 0.29) is 42.4 Å². The fraction of sp³-hybridized carbons (Fsp3) is 0.440. The van der Waals surface area contributed by atoms with E-state index >= 15 is 0 Å². The normalized spacial score (nSPS) is 15.1. The highest BCUT2D eigenvalue weighted by Gasteiger charge is 2.34. The smallest absolute Gasteiger partial charge is 0.272 e. The Hall–Kier alpha value is -2.73. The second kappa shape index (κ2) is 13.1. The van der Waals surface area contributed by atoms with Gasteiger partial charge in [-0.3, -0.25) is 19.2 Å². The third-order valence-corrected chi connectivity index (χ3v) is 8.88. The number of piperazine rings is 1. The average Bonchev–Trinajstić information content (AvgIpc) is 2.87. The van der Waals surface area contributed by atoms with Gasteiger partial charge in [-0.1, -0.05) is 36.6 Å². The monoisotopic (exact) mass is 598 g/mol. The molecule has 2 aromatic carbocycles. The fourth-order valence-electron chi connectivity index (χ4n) is 4.40. The summed E-state index contributed by atoms with van der Waals surface area (Å²) in [5, 5.41) is 12.3. The number of rotatable bonds is 12. The van der Waals surface area contributed by atoms with Gasteiger partial charge in [0, 0.05) is 63.0 Å². The third kappa shape index (κ3) is 8.14. The van der Waals surface area contributed by atoms with Crippen molar-refractivity contribution in [3.63, 3.8) is 0 Å². The molecule has 3 rings (SSSR count). The fourth-order valence-corrected chi connectivity index (χ4v) is 6.66. The number of nitrogens with zero attached hydrogens (tertiary/aromatic N) is 4. The zero-order valence-corrected chi connectivity index (χ0v) is 24.1. The number of benzene rings is 2. The number of hydrogen-bond acceptors (Lipinski definition) is 9. The van der Waals surface area contributed by atoms with Crippen molar-refractivity contribution in [2.75, 3.05) is 57.0 Å². The Morgan fingerprint density at radius 3 is 2.38 bits per heavy atom. The van der Waals surface area contributed by atoms with Gasteiger partial charge in [0.05, 0.1) is 29.0 Å². The molecule has 1 aliphatic rings. The average molecular weight is 599 g/mol. The van der Waals surface area contributed by atoms with Gasteiger partial charge in [0.15, 0.2) is 0 Å². The summed E-state index contributed by atoms with van der Waals surface area (Å²) in [6, 6.07) is 9.61. The van der Waals surface area contributed by atoms with Crippen LogP contribution in [0.2, 0.25) is 5.02 Å². The number of terminal acetylenes is 1. The summed E-state index contributed by atoms with van der Waals surface area (Å²) >= 11 is 6.08. The lowest BCUT2D eigenvalue weighted by Gasteiger charge is -2.35. The number of halogens is 1. The van der Waals surface area contributed by atoms with Crippen LogP contribution in [0.3, 0.4) is 0 Å². The molecule has 0 spiro atoms. The van der Waals surface area contributed by atoms with E-state index in [1.807, 2.05) is 25.1 Å². The SMILES string of the molecule is C#Cc1cc([N+](=O)[O-])cc(S(=O)(=O)N2CCN(Cc3cccc(Cl)c3)CC2)c1N(CCC)CCOS(C)(=O)=O. The third-order valence-electron chi connectivity index (χ3n) is 6.14. The number of nitro benzene ring substituents is 1. The largest absolute Gasteiger partial charge is 0.367 e. The van der Waals surface area contributed by atoms with Gasteiger partial charge in [0.25, 0.3) is 15.8 Å². The lowest BCUT2D eigenvalue weighted by molar-refractivity contribution is -0.385. The van der Waals surface area contributed by atoms with Crippen molar-refractivity contribution < 1.29 is 25.9 Å². The molecule has 0 radical (unpaired) electrons. The van der Waals surface area contributed by atoms with Gasteiger partial charge in [0.2, 0.25) is 10.0 Å². The van der Waals surface area contributed by atoms with Gasteiger partial charge < -0.3 is 4.90 Å². The summed E-state index contributed by atoms with van der Waals surface area (Å²) < 4.78 is 57.0. The lowest BCUT2D eigenvalue weighted by atomic mass is 10.1. The zero-order valence-electron chi connectivity index (χ0n) is 21.7. The van der Waals surface area contributed by atoms with Gasteiger partial charge in [-0.2, -0.15) is 12.7 Å². The highest BCUT2D eigenvalue weighted by molar-refractivity contribution is 7.89. The first-order chi connectivity index (χ1) is 18.4. The molecule has 1 aliphatic heterocycles. The van der Waals surface area contributed by atoms with Crippen LogP contribution in [-0.4, -0.2) is 83.1 Å². The van der Waals surface area contributed by atoms with Gasteiger partial charge in [0.1, 0.15) is 4.90 Å². The Labute approximate surface area is 234 Å². The first-order valence-corrected chi connectivity index (χ1v) is 15.8. The van der Waals surface area contributed by atoms with Crippen molar-refractivity contribution in [1.29, 1.82) is 0 Å². The number of sulfonamides is 1. The molecule has 0 aliphatic carbocycles. The van der Waals surface area contributed by atoms with Crippen LogP contribution >= 0.6 is 11.6 Å². The summed E-state index contributed by atoms with van der Waals surface area (Å²) in [5.74, 6) is 2.38. The van der Waals surface area contributed by atoms with Gasteiger partial charge >= 0.3 is 0 Å². The molecule has 39 heavy (non-hydrogen) atoms. The molecule has 1 fully saturated rings. The molecule has 0 bridgehead atoms. The molecule has 0 unspecified atom stereocenters. The molecular weight excluding hydrogens is 568 g/mol. The van der Waals surface area contributed by atoms with Gasteiger partial charge in [-0.15, -0.1) is 6.42 Å². The molecule has 2 aromatic rings. The minimum atomic E-state index is -4.22. The van der Waals surface area contributed by atoms with Crippen molar-refractivity contribution in [3.05, 3.63) is 62.7 Å². The molecule has 11 nitrogen and oxygen atoms in total. The Morgan fingerprint density at radius 2 is 1.82 bits per heavy atom. The predicted octanol–water partition coefficient (Wildman–Crippen LogP) is 2.93. The highest BCUT2D eigenvalue weighted by Crippen LogP contribution is 2.36. The van der Waals surface area contributed by atoms with Gasteiger partial charge in [-0.25, -0.2) is 8.42 Å². The molecule has 14 heteroatoms. The molecule has 0 amide bonds. The first-order valence-electron chi connectivity index (χ1n) is 12.2. The van der Waals surface area contributed by atoms with Crippen LogP contribution in [-0.2, 0) is 30.9 Å². The van der Waals surface area contributed by atoms with Crippen molar-refractivity contribution >= 4 is 43.1 Å². The summed E-state index contributed by atoms with van der Waals surface area (Å²) in [7, 11) is -7.95. The topological polar surface area (TPSA) is 130 Å². The lowest BCUT2D eigenvalue weighted by Crippen LogP contribution is -2.48. The first kappa shape index (κ1) is 30.8. The van der Waals surface area contributed by atoms with E-state index in [4.69, 9.17) is 22.2 Å². The molecule has 0 aromatic heterocycles. The van der Waals surface area contributed by atoms with E-state index in [1.165, 1.54) is 4.31 Å².